The minimum Gasteiger partial charge on any atom is -0.383 e. The Hall–Kier alpha value is -2.33. The van der Waals surface area contributed by atoms with Crippen LogP contribution in [0.15, 0.2) is 54.7 Å². The van der Waals surface area contributed by atoms with E-state index in [2.05, 4.69) is 10.1 Å². The monoisotopic (exact) mass is 298 g/mol. The fraction of sp³-hybridized carbons (Fsp3) is 0.125. The maximum atomic E-state index is 6.19. The molecule has 0 spiro atoms. The summed E-state index contributed by atoms with van der Waals surface area (Å²) >= 11 is 6.19. The second-order valence-corrected chi connectivity index (χ2v) is 5.17. The molecule has 0 radical (unpaired) electrons. The van der Waals surface area contributed by atoms with Gasteiger partial charge in [0.05, 0.1) is 11.4 Å². The molecule has 21 heavy (non-hydrogen) atoms. The highest BCUT2D eigenvalue weighted by atomic mass is 35.5. The van der Waals surface area contributed by atoms with E-state index >= 15 is 0 Å². The molecule has 1 unspecified atom stereocenters. The Balaban J connectivity index is 2.20. The van der Waals surface area contributed by atoms with Gasteiger partial charge in [0.15, 0.2) is 0 Å². The van der Waals surface area contributed by atoms with Crippen LogP contribution >= 0.6 is 11.6 Å². The second-order valence-electron chi connectivity index (χ2n) is 4.80. The lowest BCUT2D eigenvalue weighted by atomic mass is 10.0. The third-order valence-corrected chi connectivity index (χ3v) is 3.84. The molecule has 0 aliphatic carbocycles. The van der Waals surface area contributed by atoms with Crippen molar-refractivity contribution in [3.8, 4) is 0 Å². The molecule has 2 aromatic heterocycles. The molecule has 2 heterocycles. The molecule has 2 N–H and O–H groups in total. The average Bonchev–Trinajstić information content (AvgIpc) is 2.78. The van der Waals surface area contributed by atoms with Crippen LogP contribution in [0.25, 0.3) is 0 Å². The van der Waals surface area contributed by atoms with Crippen molar-refractivity contribution < 1.29 is 0 Å². The lowest BCUT2D eigenvalue weighted by Crippen LogP contribution is -2.17. The summed E-state index contributed by atoms with van der Waals surface area (Å²) in [5, 5.41) is 4.98. The van der Waals surface area contributed by atoms with Crippen molar-refractivity contribution in [2.45, 2.75) is 13.0 Å². The highest BCUT2D eigenvalue weighted by molar-refractivity contribution is 6.33. The fourth-order valence-corrected chi connectivity index (χ4v) is 2.48. The SMILES string of the molecule is Cc1nn(C(c2ccccc2)c2ccccn2)c(N)c1Cl. The van der Waals surface area contributed by atoms with E-state index in [0.717, 1.165) is 11.3 Å². The van der Waals surface area contributed by atoms with Crippen LogP contribution in [-0.4, -0.2) is 14.8 Å². The quantitative estimate of drug-likeness (QED) is 0.805. The van der Waals surface area contributed by atoms with Gasteiger partial charge >= 0.3 is 0 Å². The molecule has 5 heteroatoms. The topological polar surface area (TPSA) is 56.7 Å². The number of halogens is 1. The molecule has 0 bridgehead atoms. The molecule has 0 amide bonds. The first-order chi connectivity index (χ1) is 10.2. The summed E-state index contributed by atoms with van der Waals surface area (Å²) in [6.45, 7) is 1.84. The number of rotatable bonds is 3. The number of aromatic nitrogens is 3. The Labute approximate surface area is 128 Å². The third kappa shape index (κ3) is 2.50. The van der Waals surface area contributed by atoms with E-state index in [1.807, 2.05) is 55.5 Å². The van der Waals surface area contributed by atoms with Crippen LogP contribution in [0.1, 0.15) is 23.0 Å². The van der Waals surface area contributed by atoms with E-state index in [4.69, 9.17) is 17.3 Å². The zero-order chi connectivity index (χ0) is 14.8. The van der Waals surface area contributed by atoms with Crippen molar-refractivity contribution in [3.05, 3.63) is 76.7 Å². The molecule has 106 valence electrons. The predicted molar refractivity (Wildman–Crippen MR) is 84.3 cm³/mol. The zero-order valence-electron chi connectivity index (χ0n) is 11.6. The standard InChI is InChI=1S/C16H15ClN4/c1-11-14(17)16(18)21(20-11)15(12-7-3-2-4-8-12)13-9-5-6-10-19-13/h2-10,15H,18H2,1H3. The number of nitrogen functional groups attached to an aromatic ring is 1. The van der Waals surface area contributed by atoms with Gasteiger partial charge in [-0.05, 0) is 24.6 Å². The molecule has 1 atom stereocenters. The van der Waals surface area contributed by atoms with Crippen LogP contribution in [0.5, 0.6) is 0 Å². The molecule has 0 aliphatic heterocycles. The van der Waals surface area contributed by atoms with Gasteiger partial charge in [-0.3, -0.25) is 4.98 Å². The van der Waals surface area contributed by atoms with E-state index in [0.29, 0.717) is 16.5 Å². The highest BCUT2D eigenvalue weighted by Crippen LogP contribution is 2.31. The smallest absolute Gasteiger partial charge is 0.142 e. The Morgan fingerprint density at radius 3 is 2.38 bits per heavy atom. The van der Waals surface area contributed by atoms with Gasteiger partial charge in [-0.15, -0.1) is 0 Å². The normalized spacial score (nSPS) is 12.3. The van der Waals surface area contributed by atoms with Crippen LogP contribution in [-0.2, 0) is 0 Å². The van der Waals surface area contributed by atoms with Crippen LogP contribution in [0.2, 0.25) is 5.02 Å². The summed E-state index contributed by atoms with van der Waals surface area (Å²) in [5.41, 5.74) is 8.76. The lowest BCUT2D eigenvalue weighted by Gasteiger charge is -2.19. The number of aryl methyl sites for hydroxylation is 1. The van der Waals surface area contributed by atoms with Gasteiger partial charge in [0.1, 0.15) is 16.9 Å². The average molecular weight is 299 g/mol. The molecular formula is C16H15ClN4. The number of pyridine rings is 1. The van der Waals surface area contributed by atoms with Gasteiger partial charge in [0.2, 0.25) is 0 Å². The number of nitrogens with zero attached hydrogens (tertiary/aromatic N) is 3. The van der Waals surface area contributed by atoms with E-state index in [1.54, 1.807) is 10.9 Å². The minimum atomic E-state index is -0.196. The number of benzene rings is 1. The van der Waals surface area contributed by atoms with Crippen molar-refractivity contribution in [1.29, 1.82) is 0 Å². The molecule has 0 saturated carbocycles. The van der Waals surface area contributed by atoms with Gasteiger partial charge in [-0.1, -0.05) is 48.0 Å². The molecule has 0 saturated heterocycles. The first-order valence-electron chi connectivity index (χ1n) is 6.64. The number of nitrogens with two attached hydrogens (primary N) is 1. The summed E-state index contributed by atoms with van der Waals surface area (Å²) in [7, 11) is 0. The number of anilines is 1. The zero-order valence-corrected chi connectivity index (χ0v) is 12.3. The molecule has 1 aromatic carbocycles. The van der Waals surface area contributed by atoms with E-state index < -0.39 is 0 Å². The summed E-state index contributed by atoms with van der Waals surface area (Å²) in [5.74, 6) is 0.452. The molecular weight excluding hydrogens is 284 g/mol. The fourth-order valence-electron chi connectivity index (χ4n) is 2.35. The summed E-state index contributed by atoms with van der Waals surface area (Å²) in [4.78, 5) is 4.45. The number of hydrogen-bond donors (Lipinski definition) is 1. The second kappa shape index (κ2) is 5.58. The van der Waals surface area contributed by atoms with Crippen LogP contribution in [0.3, 0.4) is 0 Å². The van der Waals surface area contributed by atoms with Crippen molar-refractivity contribution in [3.63, 3.8) is 0 Å². The summed E-state index contributed by atoms with van der Waals surface area (Å²) < 4.78 is 1.73. The van der Waals surface area contributed by atoms with Crippen LogP contribution in [0, 0.1) is 6.92 Å². The highest BCUT2D eigenvalue weighted by Gasteiger charge is 2.23. The van der Waals surface area contributed by atoms with Gasteiger partial charge in [0, 0.05) is 6.20 Å². The minimum absolute atomic E-state index is 0.196. The maximum absolute atomic E-state index is 6.19. The maximum Gasteiger partial charge on any atom is 0.142 e. The van der Waals surface area contributed by atoms with E-state index in [1.165, 1.54) is 0 Å². The summed E-state index contributed by atoms with van der Waals surface area (Å²) in [6, 6.07) is 15.6. The Morgan fingerprint density at radius 2 is 1.81 bits per heavy atom. The van der Waals surface area contributed by atoms with E-state index in [9.17, 15) is 0 Å². The number of hydrogen-bond acceptors (Lipinski definition) is 3. The van der Waals surface area contributed by atoms with Crippen molar-refractivity contribution in [1.82, 2.24) is 14.8 Å². The van der Waals surface area contributed by atoms with Gasteiger partial charge in [-0.25, -0.2) is 4.68 Å². The Bertz CT molecular complexity index is 698. The van der Waals surface area contributed by atoms with Crippen LogP contribution < -0.4 is 5.73 Å². The van der Waals surface area contributed by atoms with Crippen LogP contribution in [0.4, 0.5) is 5.82 Å². The first kappa shape index (κ1) is 13.6. The van der Waals surface area contributed by atoms with Gasteiger partial charge in [0.25, 0.3) is 0 Å². The third-order valence-electron chi connectivity index (χ3n) is 3.37. The van der Waals surface area contributed by atoms with Gasteiger partial charge < -0.3 is 5.73 Å². The lowest BCUT2D eigenvalue weighted by molar-refractivity contribution is 0.586. The van der Waals surface area contributed by atoms with Crippen molar-refractivity contribution in [2.24, 2.45) is 0 Å². The molecule has 3 rings (SSSR count). The Morgan fingerprint density at radius 1 is 1.10 bits per heavy atom. The molecule has 0 fully saturated rings. The molecule has 4 nitrogen and oxygen atoms in total. The molecule has 3 aromatic rings. The molecule has 0 aliphatic rings. The first-order valence-corrected chi connectivity index (χ1v) is 7.02. The predicted octanol–water partition coefficient (Wildman–Crippen LogP) is 3.46. The van der Waals surface area contributed by atoms with Crippen molar-refractivity contribution in [2.75, 3.05) is 5.73 Å². The van der Waals surface area contributed by atoms with Gasteiger partial charge in [-0.2, -0.15) is 5.10 Å². The summed E-state index contributed by atoms with van der Waals surface area (Å²) in [6.07, 6.45) is 1.76. The Kier molecular flexibility index (Phi) is 3.62. The largest absolute Gasteiger partial charge is 0.383 e. The van der Waals surface area contributed by atoms with E-state index in [-0.39, 0.29) is 6.04 Å². The van der Waals surface area contributed by atoms with Crippen molar-refractivity contribution >= 4 is 17.4 Å².